The molecule has 0 radical (unpaired) electrons. The minimum Gasteiger partial charge on any atom is -0.508 e. The number of ether oxygens (including phenoxy) is 1. The molecule has 0 bridgehead atoms. The number of aromatic hydroxyl groups is 2. The van der Waals surface area contributed by atoms with Crippen molar-refractivity contribution in [2.45, 2.75) is 24.0 Å². The van der Waals surface area contributed by atoms with Crippen molar-refractivity contribution in [3.8, 4) is 11.5 Å². The molecule has 3 N–H and O–H groups in total. The Hall–Kier alpha value is -4.86. The number of phenols is 2. The first-order valence-electron chi connectivity index (χ1n) is 15.4. The van der Waals surface area contributed by atoms with Crippen molar-refractivity contribution in [2.24, 2.45) is 0 Å². The Bertz CT molecular complexity index is 2210. The van der Waals surface area contributed by atoms with E-state index in [1.165, 1.54) is 60.4 Å². The Labute approximate surface area is 305 Å². The predicted octanol–water partition coefficient (Wildman–Crippen LogP) is 6.88. The second kappa shape index (κ2) is 16.0. The highest BCUT2D eigenvalue weighted by atomic mass is 35.5. The monoisotopic (exact) mass is 763 g/mol. The molecule has 0 saturated heterocycles. The molecule has 0 heterocycles. The van der Waals surface area contributed by atoms with Gasteiger partial charge >= 0.3 is 5.97 Å². The average Bonchev–Trinajstić information content (AvgIpc) is 3.09. The van der Waals surface area contributed by atoms with Gasteiger partial charge in [0.2, 0.25) is 0 Å². The van der Waals surface area contributed by atoms with E-state index in [2.05, 4.69) is 5.32 Å². The van der Waals surface area contributed by atoms with E-state index < -0.39 is 34.9 Å². The molecule has 0 fully saturated rings. The number of halogens is 2. The summed E-state index contributed by atoms with van der Waals surface area (Å²) < 4.78 is 44.3. The highest BCUT2D eigenvalue weighted by molar-refractivity contribution is 7.90. The highest BCUT2D eigenvalue weighted by Gasteiger charge is 2.28. The molecule has 9 nitrogen and oxygen atoms in total. The van der Waals surface area contributed by atoms with Gasteiger partial charge in [-0.05, 0) is 71.0 Å². The van der Waals surface area contributed by atoms with Crippen LogP contribution in [-0.4, -0.2) is 42.8 Å². The van der Waals surface area contributed by atoms with E-state index in [9.17, 15) is 32.8 Å². The Kier molecular flexibility index (Phi) is 11.7. The third-order valence-corrected chi connectivity index (χ3v) is 12.1. The van der Waals surface area contributed by atoms with Gasteiger partial charge in [0.25, 0.3) is 5.91 Å². The van der Waals surface area contributed by atoms with Crippen LogP contribution in [0.25, 0.3) is 6.08 Å². The maximum Gasteiger partial charge on any atom is 0.329 e. The average molecular weight is 765 g/mol. The maximum atomic E-state index is 14.5. The van der Waals surface area contributed by atoms with Gasteiger partial charge in [-0.25, -0.2) is 13.2 Å². The van der Waals surface area contributed by atoms with E-state index in [1.807, 2.05) is 6.07 Å². The number of hydrogen-bond donors (Lipinski definition) is 3. The van der Waals surface area contributed by atoms with Crippen molar-refractivity contribution in [2.75, 3.05) is 6.26 Å². The molecule has 0 spiro atoms. The van der Waals surface area contributed by atoms with Crippen LogP contribution in [0.2, 0.25) is 10.0 Å². The molecule has 262 valence electrons. The van der Waals surface area contributed by atoms with Gasteiger partial charge in [-0.3, -0.25) is 4.79 Å². The van der Waals surface area contributed by atoms with Gasteiger partial charge in [0.1, 0.15) is 24.1 Å². The molecular weight excluding hydrogens is 732 g/mol. The molecule has 1 atom stereocenters. The first-order chi connectivity index (χ1) is 24.2. The molecule has 13 heteroatoms. The minimum absolute atomic E-state index is 0.0511. The number of benzene rings is 5. The van der Waals surface area contributed by atoms with Crippen LogP contribution in [-0.2, 0) is 37.0 Å². The Morgan fingerprint density at radius 1 is 0.804 bits per heavy atom. The summed E-state index contributed by atoms with van der Waals surface area (Å²) in [5.74, 6) is -0.298. The van der Waals surface area contributed by atoms with Crippen molar-refractivity contribution >= 4 is 68.7 Å². The number of amides is 1. The van der Waals surface area contributed by atoms with Crippen LogP contribution in [0.4, 0.5) is 0 Å². The number of rotatable bonds is 12. The topological polar surface area (TPSA) is 147 Å². The van der Waals surface area contributed by atoms with Gasteiger partial charge in [0, 0.05) is 23.3 Å². The van der Waals surface area contributed by atoms with E-state index in [4.69, 9.17) is 27.9 Å². The van der Waals surface area contributed by atoms with Crippen molar-refractivity contribution in [3.63, 3.8) is 0 Å². The lowest BCUT2D eigenvalue weighted by Gasteiger charge is -2.19. The fourth-order valence-electron chi connectivity index (χ4n) is 5.21. The summed E-state index contributed by atoms with van der Waals surface area (Å²) in [6.45, 7) is -0.0625. The van der Waals surface area contributed by atoms with E-state index in [0.717, 1.165) is 11.8 Å². The van der Waals surface area contributed by atoms with Crippen LogP contribution in [0.5, 0.6) is 11.5 Å². The largest absolute Gasteiger partial charge is 0.508 e. The van der Waals surface area contributed by atoms with Crippen LogP contribution in [0.15, 0.2) is 126 Å². The summed E-state index contributed by atoms with van der Waals surface area (Å²) in [7, 11) is -7.11. The molecule has 5 aromatic carbocycles. The van der Waals surface area contributed by atoms with Crippen LogP contribution < -0.4 is 15.9 Å². The lowest BCUT2D eigenvalue weighted by atomic mass is 10.0. The zero-order valence-electron chi connectivity index (χ0n) is 27.1. The summed E-state index contributed by atoms with van der Waals surface area (Å²) in [4.78, 5) is 27.1. The van der Waals surface area contributed by atoms with Gasteiger partial charge in [0.15, 0.2) is 17.0 Å². The van der Waals surface area contributed by atoms with E-state index >= 15 is 0 Å². The Morgan fingerprint density at radius 3 is 1.94 bits per heavy atom. The molecule has 1 amide bonds. The molecule has 0 aliphatic heterocycles. The van der Waals surface area contributed by atoms with Crippen LogP contribution >= 0.6 is 30.3 Å². The van der Waals surface area contributed by atoms with Crippen LogP contribution in [0.3, 0.4) is 0 Å². The van der Waals surface area contributed by atoms with Crippen LogP contribution in [0, 0.1) is 0 Å². The fourth-order valence-corrected chi connectivity index (χ4v) is 8.86. The summed E-state index contributed by atoms with van der Waals surface area (Å²) in [6, 6.07) is 28.6. The molecule has 0 unspecified atom stereocenters. The normalized spacial score (nSPS) is 12.4. The molecule has 51 heavy (non-hydrogen) atoms. The summed E-state index contributed by atoms with van der Waals surface area (Å²) in [5.41, 5.74) is 1.44. The first-order valence-corrected chi connectivity index (χ1v) is 19.8. The Balaban J connectivity index is 1.43. The zero-order valence-corrected chi connectivity index (χ0v) is 30.3. The molecule has 0 aliphatic carbocycles. The molecule has 5 aromatic rings. The van der Waals surface area contributed by atoms with E-state index in [-0.39, 0.29) is 45.0 Å². The van der Waals surface area contributed by atoms with Gasteiger partial charge in [-0.2, -0.15) is 0 Å². The second-order valence-electron chi connectivity index (χ2n) is 11.6. The highest BCUT2D eigenvalue weighted by Crippen LogP contribution is 2.47. The summed E-state index contributed by atoms with van der Waals surface area (Å²) in [6.07, 6.45) is 2.48. The lowest BCUT2D eigenvalue weighted by molar-refractivity contribution is -0.147. The zero-order chi connectivity index (χ0) is 36.8. The molecule has 0 saturated carbocycles. The first kappa shape index (κ1) is 37.4. The smallest absolute Gasteiger partial charge is 0.329 e. The SMILES string of the molecule is CS(=O)(=O)c1cccc(C[C@H](NC(=O)c2c(Cl)cc(/C=C/P(=O)(c3cccc(O)c3)c3cccc(O)c3)cc2Cl)C(=O)OCc2ccccc2)c1. The van der Waals surface area contributed by atoms with Gasteiger partial charge < -0.3 is 24.8 Å². The molecule has 0 aromatic heterocycles. The Morgan fingerprint density at radius 2 is 1.37 bits per heavy atom. The number of carbonyl (C=O) groups is 2. The molecular formula is C38H32Cl2NO8PS. The van der Waals surface area contributed by atoms with Gasteiger partial charge in [-0.1, -0.05) is 96.0 Å². The predicted molar refractivity (Wildman–Crippen MR) is 199 cm³/mol. The fraction of sp³-hybridized carbons (Fsp3) is 0.105. The van der Waals surface area contributed by atoms with Gasteiger partial charge in [-0.15, -0.1) is 0 Å². The maximum absolute atomic E-state index is 14.5. The number of hydrogen-bond acceptors (Lipinski definition) is 8. The van der Waals surface area contributed by atoms with Crippen molar-refractivity contribution in [1.29, 1.82) is 0 Å². The minimum atomic E-state index is -3.57. The number of nitrogens with one attached hydrogen (secondary N) is 1. The summed E-state index contributed by atoms with van der Waals surface area (Å²) >= 11 is 13.2. The molecule has 5 rings (SSSR count). The van der Waals surface area contributed by atoms with Crippen molar-refractivity contribution < 1.29 is 37.5 Å². The lowest BCUT2D eigenvalue weighted by Crippen LogP contribution is -2.43. The number of carbonyl (C=O) groups excluding carboxylic acids is 2. The number of sulfone groups is 1. The quantitative estimate of drug-likeness (QED) is 0.0921. The summed E-state index contributed by atoms with van der Waals surface area (Å²) in [5, 5.41) is 23.3. The standard InChI is InChI=1S/C38H32Cl2NO8PS/c1-51(47,48)32-15-5-10-26(18-32)21-35(38(45)49-24-25-8-3-2-4-9-25)41-37(44)36-33(39)19-27(20-34(36)40)16-17-50(46,30-13-6-11-28(42)22-30)31-14-7-12-29(43)23-31/h2-20,22-23,35,42-43H,21,24H2,1H3,(H,41,44)/b17-16+/t35-/m0/s1. The number of esters is 1. The third-order valence-electron chi connectivity index (χ3n) is 7.78. The van der Waals surface area contributed by atoms with E-state index in [0.29, 0.717) is 21.7 Å². The van der Waals surface area contributed by atoms with Crippen molar-refractivity contribution in [1.82, 2.24) is 5.32 Å². The van der Waals surface area contributed by atoms with Gasteiger partial charge in [0.05, 0.1) is 20.5 Å². The second-order valence-corrected chi connectivity index (χ2v) is 17.1. The number of phenolic OH excluding ortho intramolecular Hbond substituents is 2. The third kappa shape index (κ3) is 9.48. The van der Waals surface area contributed by atoms with E-state index in [1.54, 1.807) is 60.7 Å². The molecule has 0 aliphatic rings. The van der Waals surface area contributed by atoms with Crippen molar-refractivity contribution in [3.05, 3.63) is 153 Å². The van der Waals surface area contributed by atoms with Crippen LogP contribution in [0.1, 0.15) is 27.0 Å².